The SMILES string of the molecule is O=C(NCC(C(=O)N1C[C@H](O)C[C@H]1C(=O)O)C1CCC1)OCC1c2ccccc2-c2ccccc21. The molecule has 1 saturated carbocycles. The zero-order valence-electron chi connectivity index (χ0n) is 19.4. The Bertz CT molecular complexity index is 1080. The number of aliphatic hydroxyl groups excluding tert-OH is 1. The van der Waals surface area contributed by atoms with Crippen molar-refractivity contribution in [2.75, 3.05) is 19.7 Å². The lowest BCUT2D eigenvalue weighted by Crippen LogP contribution is -2.49. The van der Waals surface area contributed by atoms with Gasteiger partial charge < -0.3 is 25.2 Å². The summed E-state index contributed by atoms with van der Waals surface area (Å²) in [5.41, 5.74) is 4.54. The summed E-state index contributed by atoms with van der Waals surface area (Å²) >= 11 is 0. The molecule has 2 amide bonds. The van der Waals surface area contributed by atoms with Crippen LogP contribution in [0.25, 0.3) is 11.1 Å². The number of hydrogen-bond donors (Lipinski definition) is 3. The molecule has 1 saturated heterocycles. The average molecular weight is 479 g/mol. The number of fused-ring (bicyclic) bond motifs is 3. The van der Waals surface area contributed by atoms with E-state index < -0.39 is 30.1 Å². The molecular formula is C27H30N2O6. The molecule has 35 heavy (non-hydrogen) atoms. The van der Waals surface area contributed by atoms with Crippen molar-refractivity contribution in [1.82, 2.24) is 10.2 Å². The highest BCUT2D eigenvalue weighted by molar-refractivity contribution is 5.86. The van der Waals surface area contributed by atoms with Crippen molar-refractivity contribution in [1.29, 1.82) is 0 Å². The number of carbonyl (C=O) groups is 3. The molecule has 3 aliphatic rings. The van der Waals surface area contributed by atoms with Gasteiger partial charge in [-0.1, -0.05) is 55.0 Å². The largest absolute Gasteiger partial charge is 0.480 e. The highest BCUT2D eigenvalue weighted by Crippen LogP contribution is 2.44. The van der Waals surface area contributed by atoms with Crippen LogP contribution in [-0.4, -0.2) is 64.9 Å². The van der Waals surface area contributed by atoms with Crippen LogP contribution in [0.2, 0.25) is 0 Å². The molecule has 0 spiro atoms. The number of carboxylic acids is 1. The number of amides is 2. The van der Waals surface area contributed by atoms with Gasteiger partial charge in [0.05, 0.1) is 12.0 Å². The molecule has 8 heteroatoms. The average Bonchev–Trinajstić information content (AvgIpc) is 3.37. The number of carboxylic acid groups (broad SMARTS) is 1. The summed E-state index contributed by atoms with van der Waals surface area (Å²) in [5, 5.41) is 22.2. The number of aliphatic carboxylic acids is 1. The third-order valence-electron chi connectivity index (χ3n) is 7.69. The first-order chi connectivity index (χ1) is 16.9. The number of rotatable bonds is 7. The van der Waals surface area contributed by atoms with Crippen LogP contribution < -0.4 is 5.32 Å². The normalized spacial score (nSPS) is 22.1. The first-order valence-corrected chi connectivity index (χ1v) is 12.2. The van der Waals surface area contributed by atoms with Crippen molar-refractivity contribution in [3.63, 3.8) is 0 Å². The van der Waals surface area contributed by atoms with E-state index in [1.807, 2.05) is 24.3 Å². The Hall–Kier alpha value is -3.39. The van der Waals surface area contributed by atoms with Crippen LogP contribution in [-0.2, 0) is 14.3 Å². The molecule has 3 atom stereocenters. The van der Waals surface area contributed by atoms with Gasteiger partial charge in [-0.3, -0.25) is 4.79 Å². The summed E-state index contributed by atoms with van der Waals surface area (Å²) in [4.78, 5) is 38.7. The standard InChI is InChI=1S/C27H30N2O6/c30-17-12-24(26(32)33)29(14-17)25(31)22(16-6-5-7-16)13-28-27(34)35-15-23-20-10-3-1-8-18(20)19-9-2-4-11-21(19)23/h1-4,8-11,16-17,22-24,30H,5-7,12-15H2,(H,28,34)(H,32,33)/t17-,22?,24+/m1/s1. The molecule has 2 fully saturated rings. The maximum atomic E-state index is 13.3. The number of alkyl carbamates (subject to hydrolysis) is 1. The second kappa shape index (κ2) is 9.70. The van der Waals surface area contributed by atoms with Gasteiger partial charge in [0.25, 0.3) is 0 Å². The van der Waals surface area contributed by atoms with Crippen molar-refractivity contribution < 1.29 is 29.3 Å². The zero-order chi connectivity index (χ0) is 24.5. The summed E-state index contributed by atoms with van der Waals surface area (Å²) in [6, 6.07) is 15.2. The number of aliphatic hydroxyl groups is 1. The molecule has 1 unspecified atom stereocenters. The molecule has 0 aromatic heterocycles. The number of nitrogens with zero attached hydrogens (tertiary/aromatic N) is 1. The molecule has 1 heterocycles. The Balaban J connectivity index is 1.22. The second-order valence-electron chi connectivity index (χ2n) is 9.74. The van der Waals surface area contributed by atoms with E-state index in [0.717, 1.165) is 41.5 Å². The zero-order valence-corrected chi connectivity index (χ0v) is 19.4. The third kappa shape index (κ3) is 4.50. The number of likely N-dealkylation sites (tertiary alicyclic amines) is 1. The van der Waals surface area contributed by atoms with Crippen molar-refractivity contribution in [2.45, 2.75) is 43.7 Å². The third-order valence-corrected chi connectivity index (χ3v) is 7.69. The van der Waals surface area contributed by atoms with Gasteiger partial charge in [0.1, 0.15) is 12.6 Å². The number of hydrogen-bond acceptors (Lipinski definition) is 5. The van der Waals surface area contributed by atoms with Gasteiger partial charge in [0, 0.05) is 25.4 Å². The summed E-state index contributed by atoms with van der Waals surface area (Å²) in [6.07, 6.45) is 1.30. The van der Waals surface area contributed by atoms with Crippen molar-refractivity contribution in [3.8, 4) is 11.1 Å². The lowest BCUT2D eigenvalue weighted by atomic mass is 9.75. The molecule has 8 nitrogen and oxygen atoms in total. The van der Waals surface area contributed by atoms with E-state index in [2.05, 4.69) is 29.6 Å². The van der Waals surface area contributed by atoms with Gasteiger partial charge in [0.15, 0.2) is 0 Å². The lowest BCUT2D eigenvalue weighted by Gasteiger charge is -2.36. The van der Waals surface area contributed by atoms with Crippen LogP contribution >= 0.6 is 0 Å². The fraction of sp³-hybridized carbons (Fsp3) is 0.444. The van der Waals surface area contributed by atoms with Crippen LogP contribution in [0.1, 0.15) is 42.7 Å². The molecular weight excluding hydrogens is 448 g/mol. The minimum absolute atomic E-state index is 0.00393. The topological polar surface area (TPSA) is 116 Å². The molecule has 3 N–H and O–H groups in total. The summed E-state index contributed by atoms with van der Waals surface area (Å²) in [6.45, 7) is 0.268. The highest BCUT2D eigenvalue weighted by atomic mass is 16.5. The van der Waals surface area contributed by atoms with Gasteiger partial charge in [-0.05, 0) is 41.0 Å². The molecule has 2 aromatic carbocycles. The first-order valence-electron chi connectivity index (χ1n) is 12.2. The Morgan fingerprint density at radius 1 is 1.03 bits per heavy atom. The number of β-amino-alcohol motifs (C(OH)–C–C–N with tert-alkyl or cyclic N) is 1. The van der Waals surface area contributed by atoms with Gasteiger partial charge in [-0.2, -0.15) is 0 Å². The number of ether oxygens (including phenoxy) is 1. The van der Waals surface area contributed by atoms with Crippen LogP contribution in [0.5, 0.6) is 0 Å². The summed E-state index contributed by atoms with van der Waals surface area (Å²) in [7, 11) is 0. The first kappa shape index (κ1) is 23.4. The Labute approximate surface area is 203 Å². The Morgan fingerprint density at radius 3 is 2.23 bits per heavy atom. The van der Waals surface area contributed by atoms with Crippen LogP contribution in [0.3, 0.4) is 0 Å². The minimum Gasteiger partial charge on any atom is -0.480 e. The maximum Gasteiger partial charge on any atom is 0.407 e. The molecule has 1 aliphatic heterocycles. The highest BCUT2D eigenvalue weighted by Gasteiger charge is 2.44. The van der Waals surface area contributed by atoms with Crippen LogP contribution in [0.15, 0.2) is 48.5 Å². The van der Waals surface area contributed by atoms with E-state index in [-0.39, 0.29) is 43.9 Å². The molecule has 0 radical (unpaired) electrons. The molecule has 0 bridgehead atoms. The van der Waals surface area contributed by atoms with Crippen LogP contribution in [0.4, 0.5) is 4.79 Å². The van der Waals surface area contributed by atoms with E-state index in [1.54, 1.807) is 0 Å². The summed E-state index contributed by atoms with van der Waals surface area (Å²) < 4.78 is 5.59. The van der Waals surface area contributed by atoms with Gasteiger partial charge >= 0.3 is 12.1 Å². The number of carbonyl (C=O) groups excluding carboxylic acids is 2. The molecule has 184 valence electrons. The molecule has 2 aromatic rings. The number of benzene rings is 2. The lowest BCUT2D eigenvalue weighted by molar-refractivity contribution is -0.151. The van der Waals surface area contributed by atoms with Gasteiger partial charge in [-0.15, -0.1) is 0 Å². The Morgan fingerprint density at radius 2 is 1.66 bits per heavy atom. The van der Waals surface area contributed by atoms with Crippen molar-refractivity contribution in [3.05, 3.63) is 59.7 Å². The fourth-order valence-electron chi connectivity index (χ4n) is 5.65. The smallest absolute Gasteiger partial charge is 0.407 e. The monoisotopic (exact) mass is 478 g/mol. The van der Waals surface area contributed by atoms with E-state index in [1.165, 1.54) is 4.90 Å². The summed E-state index contributed by atoms with van der Waals surface area (Å²) in [5.74, 6) is -1.94. The van der Waals surface area contributed by atoms with E-state index >= 15 is 0 Å². The fourth-order valence-corrected chi connectivity index (χ4v) is 5.65. The maximum absolute atomic E-state index is 13.3. The number of nitrogens with one attached hydrogen (secondary N) is 1. The van der Waals surface area contributed by atoms with E-state index in [4.69, 9.17) is 4.74 Å². The quantitative estimate of drug-likeness (QED) is 0.563. The minimum atomic E-state index is -1.12. The van der Waals surface area contributed by atoms with E-state index in [0.29, 0.717) is 0 Å². The molecule has 5 rings (SSSR count). The predicted molar refractivity (Wildman–Crippen MR) is 128 cm³/mol. The van der Waals surface area contributed by atoms with Crippen molar-refractivity contribution >= 4 is 18.0 Å². The molecule has 2 aliphatic carbocycles. The van der Waals surface area contributed by atoms with Gasteiger partial charge in [0.2, 0.25) is 5.91 Å². The van der Waals surface area contributed by atoms with Crippen molar-refractivity contribution in [2.24, 2.45) is 11.8 Å². The van der Waals surface area contributed by atoms with Gasteiger partial charge in [-0.25, -0.2) is 9.59 Å². The van der Waals surface area contributed by atoms with E-state index in [9.17, 15) is 24.6 Å². The van der Waals surface area contributed by atoms with Crippen LogP contribution in [0, 0.1) is 11.8 Å². The Kier molecular flexibility index (Phi) is 6.47. The second-order valence-corrected chi connectivity index (χ2v) is 9.74. The predicted octanol–water partition coefficient (Wildman–Crippen LogP) is 2.99.